The van der Waals surface area contributed by atoms with Crippen molar-refractivity contribution in [2.75, 3.05) is 32.8 Å². The summed E-state index contributed by atoms with van der Waals surface area (Å²) in [6.07, 6.45) is 6.50. The third-order valence-electron chi connectivity index (χ3n) is 3.96. The molecule has 3 heteroatoms. The lowest BCUT2D eigenvalue weighted by atomic mass is 10.1. The molecule has 0 spiro atoms. The summed E-state index contributed by atoms with van der Waals surface area (Å²) < 4.78 is 5.55. The molecule has 2 heterocycles. The van der Waals surface area contributed by atoms with Gasteiger partial charge in [-0.1, -0.05) is 6.92 Å². The first-order valence-corrected chi connectivity index (χ1v) is 6.95. The van der Waals surface area contributed by atoms with Crippen LogP contribution in [0.1, 0.15) is 39.0 Å². The van der Waals surface area contributed by atoms with E-state index in [1.807, 2.05) is 0 Å². The second-order valence-corrected chi connectivity index (χ2v) is 5.08. The van der Waals surface area contributed by atoms with Gasteiger partial charge in [-0.2, -0.15) is 0 Å². The van der Waals surface area contributed by atoms with E-state index in [9.17, 15) is 0 Å². The Balaban J connectivity index is 1.81. The monoisotopic (exact) mass is 226 g/mol. The molecule has 0 aliphatic carbocycles. The predicted molar refractivity (Wildman–Crippen MR) is 66.7 cm³/mol. The highest BCUT2D eigenvalue weighted by molar-refractivity contribution is 4.81. The van der Waals surface area contributed by atoms with Crippen LogP contribution in [0.15, 0.2) is 0 Å². The maximum Gasteiger partial charge on any atom is 0.0480 e. The number of rotatable bonds is 4. The van der Waals surface area contributed by atoms with Crippen molar-refractivity contribution < 1.29 is 4.74 Å². The van der Waals surface area contributed by atoms with Crippen LogP contribution in [0, 0.1) is 0 Å². The lowest BCUT2D eigenvalue weighted by molar-refractivity contribution is 0.127. The molecule has 2 aliphatic heterocycles. The van der Waals surface area contributed by atoms with Gasteiger partial charge in [-0.25, -0.2) is 0 Å². The third kappa shape index (κ3) is 3.44. The van der Waals surface area contributed by atoms with E-state index in [2.05, 4.69) is 17.1 Å². The van der Waals surface area contributed by atoms with Crippen LogP contribution in [0.5, 0.6) is 0 Å². The van der Waals surface area contributed by atoms with Crippen molar-refractivity contribution in [3.63, 3.8) is 0 Å². The molecule has 0 aromatic heterocycles. The molecular formula is C13H26N2O. The van der Waals surface area contributed by atoms with Crippen LogP contribution in [0.3, 0.4) is 0 Å². The summed E-state index contributed by atoms with van der Waals surface area (Å²) in [5.41, 5.74) is 0. The Morgan fingerprint density at radius 2 is 2.12 bits per heavy atom. The van der Waals surface area contributed by atoms with Gasteiger partial charge < -0.3 is 10.1 Å². The van der Waals surface area contributed by atoms with E-state index >= 15 is 0 Å². The molecule has 94 valence electrons. The van der Waals surface area contributed by atoms with E-state index in [0.29, 0.717) is 0 Å². The number of ether oxygens (including phenoxy) is 1. The van der Waals surface area contributed by atoms with Gasteiger partial charge in [-0.05, 0) is 45.2 Å². The first-order valence-electron chi connectivity index (χ1n) is 6.95. The van der Waals surface area contributed by atoms with Gasteiger partial charge in [0.05, 0.1) is 0 Å². The average Bonchev–Trinajstić information content (AvgIpc) is 2.67. The first kappa shape index (κ1) is 12.3. The molecule has 0 aromatic carbocycles. The summed E-state index contributed by atoms with van der Waals surface area (Å²) >= 11 is 0. The van der Waals surface area contributed by atoms with Gasteiger partial charge in [0.15, 0.2) is 0 Å². The summed E-state index contributed by atoms with van der Waals surface area (Å²) in [4.78, 5) is 2.66. The van der Waals surface area contributed by atoms with Crippen molar-refractivity contribution >= 4 is 0 Å². The van der Waals surface area contributed by atoms with Gasteiger partial charge >= 0.3 is 0 Å². The summed E-state index contributed by atoms with van der Waals surface area (Å²) in [7, 11) is 0. The fourth-order valence-electron chi connectivity index (χ4n) is 2.98. The number of hydrogen-bond donors (Lipinski definition) is 1. The van der Waals surface area contributed by atoms with Crippen molar-refractivity contribution in [3.05, 3.63) is 0 Å². The molecule has 0 amide bonds. The minimum absolute atomic E-state index is 0.740. The van der Waals surface area contributed by atoms with Crippen LogP contribution in [-0.2, 0) is 4.74 Å². The number of likely N-dealkylation sites (N-methyl/N-ethyl adjacent to an activating group) is 1. The lowest BCUT2D eigenvalue weighted by Crippen LogP contribution is -2.43. The van der Waals surface area contributed by atoms with Crippen molar-refractivity contribution in [2.45, 2.75) is 51.1 Å². The predicted octanol–water partition coefficient (Wildman–Crippen LogP) is 1.63. The van der Waals surface area contributed by atoms with Crippen LogP contribution in [0.2, 0.25) is 0 Å². The number of nitrogens with zero attached hydrogens (tertiary/aromatic N) is 1. The average molecular weight is 226 g/mol. The number of nitrogens with one attached hydrogen (secondary N) is 1. The van der Waals surface area contributed by atoms with Crippen LogP contribution < -0.4 is 5.32 Å². The second-order valence-electron chi connectivity index (χ2n) is 5.08. The standard InChI is InChI=1S/C13H26N2O/c1-2-15(11-12-5-3-8-14-12)13-6-4-9-16-10-7-13/h12-14H,2-11H2,1H3. The maximum absolute atomic E-state index is 5.55. The van der Waals surface area contributed by atoms with Crippen molar-refractivity contribution in [2.24, 2.45) is 0 Å². The van der Waals surface area contributed by atoms with Crippen molar-refractivity contribution in [3.8, 4) is 0 Å². The Morgan fingerprint density at radius 1 is 1.19 bits per heavy atom. The van der Waals surface area contributed by atoms with E-state index in [0.717, 1.165) is 25.3 Å². The summed E-state index contributed by atoms with van der Waals surface area (Å²) in [6, 6.07) is 1.50. The van der Waals surface area contributed by atoms with Crippen LogP contribution in [0.4, 0.5) is 0 Å². The van der Waals surface area contributed by atoms with Crippen LogP contribution in [-0.4, -0.2) is 49.8 Å². The molecule has 2 fully saturated rings. The smallest absolute Gasteiger partial charge is 0.0480 e. The van der Waals surface area contributed by atoms with Crippen LogP contribution >= 0.6 is 0 Å². The molecule has 0 saturated carbocycles. The van der Waals surface area contributed by atoms with Gasteiger partial charge in [0.25, 0.3) is 0 Å². The van der Waals surface area contributed by atoms with E-state index in [1.54, 1.807) is 0 Å². The minimum atomic E-state index is 0.740. The molecule has 3 nitrogen and oxygen atoms in total. The molecule has 0 bridgehead atoms. The van der Waals surface area contributed by atoms with E-state index < -0.39 is 0 Å². The van der Waals surface area contributed by atoms with E-state index in [-0.39, 0.29) is 0 Å². The summed E-state index contributed by atoms with van der Waals surface area (Å²) in [5, 5.41) is 3.60. The first-order chi connectivity index (χ1) is 7.90. The molecule has 2 rings (SSSR count). The lowest BCUT2D eigenvalue weighted by Gasteiger charge is -2.31. The third-order valence-corrected chi connectivity index (χ3v) is 3.96. The van der Waals surface area contributed by atoms with Crippen molar-refractivity contribution in [1.29, 1.82) is 0 Å². The fraction of sp³-hybridized carbons (Fsp3) is 1.00. The molecule has 0 radical (unpaired) electrons. The summed E-state index contributed by atoms with van der Waals surface area (Å²) in [5.74, 6) is 0. The molecule has 16 heavy (non-hydrogen) atoms. The fourth-order valence-corrected chi connectivity index (χ4v) is 2.98. The SMILES string of the molecule is CCN(CC1CCCN1)C1CCCOCC1. The highest BCUT2D eigenvalue weighted by Gasteiger charge is 2.23. The Hall–Kier alpha value is -0.120. The van der Waals surface area contributed by atoms with Gasteiger partial charge in [0.1, 0.15) is 0 Å². The Bertz CT molecular complexity index is 184. The van der Waals surface area contributed by atoms with Crippen LogP contribution in [0.25, 0.3) is 0 Å². The largest absolute Gasteiger partial charge is 0.381 e. The molecule has 2 saturated heterocycles. The highest BCUT2D eigenvalue weighted by atomic mass is 16.5. The van der Waals surface area contributed by atoms with E-state index in [1.165, 1.54) is 51.7 Å². The zero-order valence-electron chi connectivity index (χ0n) is 10.6. The highest BCUT2D eigenvalue weighted by Crippen LogP contribution is 2.17. The quantitative estimate of drug-likeness (QED) is 0.788. The zero-order chi connectivity index (χ0) is 11.2. The molecule has 0 aromatic rings. The topological polar surface area (TPSA) is 24.5 Å². The minimum Gasteiger partial charge on any atom is -0.381 e. The van der Waals surface area contributed by atoms with Gasteiger partial charge in [-0.15, -0.1) is 0 Å². The normalized spacial score (nSPS) is 31.9. The van der Waals surface area contributed by atoms with Gasteiger partial charge in [0, 0.05) is 31.8 Å². The molecular weight excluding hydrogens is 200 g/mol. The molecule has 2 aliphatic rings. The van der Waals surface area contributed by atoms with Gasteiger partial charge in [-0.3, -0.25) is 4.90 Å². The molecule has 1 N–H and O–H groups in total. The second kappa shape index (κ2) is 6.58. The Morgan fingerprint density at radius 3 is 2.88 bits per heavy atom. The van der Waals surface area contributed by atoms with Crippen molar-refractivity contribution in [1.82, 2.24) is 10.2 Å². The Labute approximate surface area is 99.5 Å². The molecule has 2 atom stereocenters. The van der Waals surface area contributed by atoms with Gasteiger partial charge in [0.2, 0.25) is 0 Å². The number of hydrogen-bond acceptors (Lipinski definition) is 3. The molecule has 2 unspecified atom stereocenters. The summed E-state index contributed by atoms with van der Waals surface area (Å²) in [6.45, 7) is 7.86. The van der Waals surface area contributed by atoms with E-state index in [4.69, 9.17) is 4.74 Å². The zero-order valence-corrected chi connectivity index (χ0v) is 10.6. The Kier molecular flexibility index (Phi) is 5.07. The maximum atomic E-state index is 5.55.